The van der Waals surface area contributed by atoms with Gasteiger partial charge in [0.1, 0.15) is 5.76 Å². The van der Waals surface area contributed by atoms with Gasteiger partial charge in [-0.3, -0.25) is 9.59 Å². The fraction of sp³-hybridized carbons (Fsp3) is 0.333. The van der Waals surface area contributed by atoms with Gasteiger partial charge in [0.2, 0.25) is 0 Å². The zero-order valence-electron chi connectivity index (χ0n) is 17.3. The second-order valence-corrected chi connectivity index (χ2v) is 7.55. The van der Waals surface area contributed by atoms with Crippen LogP contribution in [-0.4, -0.2) is 42.3 Å². The minimum absolute atomic E-state index is 0.122. The van der Waals surface area contributed by atoms with E-state index in [4.69, 9.17) is 0 Å². The predicted molar refractivity (Wildman–Crippen MR) is 116 cm³/mol. The number of benzene rings is 2. The summed E-state index contributed by atoms with van der Waals surface area (Å²) in [7, 11) is 3.92. The molecular weight excluding hydrogens is 364 g/mol. The van der Waals surface area contributed by atoms with Gasteiger partial charge in [0.25, 0.3) is 11.7 Å². The Hall–Kier alpha value is -3.08. The molecule has 0 radical (unpaired) electrons. The van der Waals surface area contributed by atoms with Crippen molar-refractivity contribution < 1.29 is 14.7 Å². The van der Waals surface area contributed by atoms with Crippen LogP contribution in [0, 0.1) is 0 Å². The number of aliphatic hydroxyl groups excluding tert-OH is 1. The molecule has 0 aliphatic carbocycles. The Labute approximate surface area is 172 Å². The molecular formula is C24H28N2O3. The lowest BCUT2D eigenvalue weighted by atomic mass is 9.95. The summed E-state index contributed by atoms with van der Waals surface area (Å²) in [6.45, 7) is 2.59. The van der Waals surface area contributed by atoms with E-state index in [9.17, 15) is 14.7 Å². The molecule has 1 unspecified atom stereocenters. The number of amides is 1. The normalized spacial score (nSPS) is 18.3. The first-order chi connectivity index (χ1) is 14.0. The van der Waals surface area contributed by atoms with Crippen LogP contribution in [0.4, 0.5) is 5.69 Å². The van der Waals surface area contributed by atoms with Crippen molar-refractivity contribution in [3.05, 3.63) is 71.3 Å². The zero-order valence-corrected chi connectivity index (χ0v) is 17.3. The largest absolute Gasteiger partial charge is 0.507 e. The lowest BCUT2D eigenvalue weighted by Crippen LogP contribution is -2.30. The molecule has 0 spiro atoms. The molecule has 2 aromatic carbocycles. The summed E-state index contributed by atoms with van der Waals surface area (Å²) in [4.78, 5) is 29.3. The number of rotatable bonds is 7. The maximum absolute atomic E-state index is 12.9. The Balaban J connectivity index is 2.09. The lowest BCUT2D eigenvalue weighted by Gasteiger charge is -2.26. The van der Waals surface area contributed by atoms with Crippen LogP contribution in [0.3, 0.4) is 0 Å². The van der Waals surface area contributed by atoms with Gasteiger partial charge in [0.15, 0.2) is 0 Å². The summed E-state index contributed by atoms with van der Waals surface area (Å²) in [5.74, 6) is -1.28. The first-order valence-electron chi connectivity index (χ1n) is 10.1. The Bertz CT molecular complexity index is 901. The highest BCUT2D eigenvalue weighted by molar-refractivity contribution is 6.46. The number of aliphatic hydroxyl groups is 1. The van der Waals surface area contributed by atoms with Gasteiger partial charge in [-0.05, 0) is 24.1 Å². The maximum Gasteiger partial charge on any atom is 0.295 e. The number of Topliss-reactive ketones (excluding diaryl/α,β-unsaturated/α-hetero) is 1. The first kappa shape index (κ1) is 20.6. The van der Waals surface area contributed by atoms with Crippen molar-refractivity contribution in [3.8, 4) is 0 Å². The number of carbonyl (C=O) groups is 2. The number of carbonyl (C=O) groups excluding carboxylic acids is 2. The molecule has 1 saturated heterocycles. The van der Waals surface area contributed by atoms with Crippen molar-refractivity contribution in [1.82, 2.24) is 4.90 Å². The molecule has 0 aromatic heterocycles. The molecule has 3 rings (SSSR count). The van der Waals surface area contributed by atoms with Gasteiger partial charge in [0, 0.05) is 31.9 Å². The standard InChI is InChI=1S/C24H28N2O3/c1-4-5-9-16-26-21(17-12-14-19(15-13-17)25(2)3)20(23(28)24(26)29)22(27)18-10-7-6-8-11-18/h6-8,10-15,21,27H,4-5,9,16H2,1-3H3/b22-20-. The predicted octanol–water partition coefficient (Wildman–Crippen LogP) is 4.36. The van der Waals surface area contributed by atoms with Crippen LogP contribution >= 0.6 is 0 Å². The van der Waals surface area contributed by atoms with Crippen LogP contribution in [0.5, 0.6) is 0 Å². The molecule has 1 atom stereocenters. The lowest BCUT2D eigenvalue weighted by molar-refractivity contribution is -0.139. The molecule has 0 saturated carbocycles. The molecule has 1 fully saturated rings. The third-order valence-electron chi connectivity index (χ3n) is 5.31. The van der Waals surface area contributed by atoms with Crippen LogP contribution in [0.15, 0.2) is 60.2 Å². The number of hydrogen-bond donors (Lipinski definition) is 1. The third kappa shape index (κ3) is 4.19. The number of ketones is 1. The first-order valence-corrected chi connectivity index (χ1v) is 10.1. The summed E-state index contributed by atoms with van der Waals surface area (Å²) < 4.78 is 0. The third-order valence-corrected chi connectivity index (χ3v) is 5.31. The maximum atomic E-state index is 12.9. The Morgan fingerprint density at radius 3 is 2.24 bits per heavy atom. The summed E-state index contributed by atoms with van der Waals surface area (Å²) in [6.07, 6.45) is 2.82. The van der Waals surface area contributed by atoms with Gasteiger partial charge in [-0.1, -0.05) is 62.2 Å². The molecule has 5 heteroatoms. The second-order valence-electron chi connectivity index (χ2n) is 7.55. The number of anilines is 1. The number of likely N-dealkylation sites (tertiary alicyclic amines) is 1. The average Bonchev–Trinajstić information content (AvgIpc) is 2.99. The highest BCUT2D eigenvalue weighted by Gasteiger charge is 2.45. The van der Waals surface area contributed by atoms with E-state index in [1.807, 2.05) is 49.3 Å². The van der Waals surface area contributed by atoms with Crippen molar-refractivity contribution in [2.24, 2.45) is 0 Å². The highest BCUT2D eigenvalue weighted by atomic mass is 16.3. The van der Waals surface area contributed by atoms with E-state index >= 15 is 0 Å². The van der Waals surface area contributed by atoms with Crippen molar-refractivity contribution >= 4 is 23.1 Å². The van der Waals surface area contributed by atoms with Crippen LogP contribution in [0.25, 0.3) is 5.76 Å². The van der Waals surface area contributed by atoms with E-state index in [1.165, 1.54) is 0 Å². The molecule has 1 amide bonds. The van der Waals surface area contributed by atoms with E-state index in [0.29, 0.717) is 12.1 Å². The monoisotopic (exact) mass is 392 g/mol. The Morgan fingerprint density at radius 2 is 1.66 bits per heavy atom. The summed E-state index contributed by atoms with van der Waals surface area (Å²) in [5, 5.41) is 10.9. The van der Waals surface area contributed by atoms with Crippen LogP contribution in [0.1, 0.15) is 43.4 Å². The molecule has 1 aliphatic heterocycles. The molecule has 1 heterocycles. The van der Waals surface area contributed by atoms with Gasteiger partial charge in [0.05, 0.1) is 11.6 Å². The summed E-state index contributed by atoms with van der Waals surface area (Å²) in [6, 6.07) is 16.1. The van der Waals surface area contributed by atoms with Crippen molar-refractivity contribution in [3.63, 3.8) is 0 Å². The van der Waals surface area contributed by atoms with Gasteiger partial charge in [-0.15, -0.1) is 0 Å². The highest BCUT2D eigenvalue weighted by Crippen LogP contribution is 2.39. The summed E-state index contributed by atoms with van der Waals surface area (Å²) in [5.41, 5.74) is 2.55. The molecule has 2 aromatic rings. The van der Waals surface area contributed by atoms with E-state index < -0.39 is 17.7 Å². The van der Waals surface area contributed by atoms with Gasteiger partial charge >= 0.3 is 0 Å². The molecule has 29 heavy (non-hydrogen) atoms. The molecule has 5 nitrogen and oxygen atoms in total. The minimum atomic E-state index is -0.621. The molecule has 1 aliphatic rings. The van der Waals surface area contributed by atoms with E-state index in [-0.39, 0.29) is 11.3 Å². The minimum Gasteiger partial charge on any atom is -0.507 e. The van der Waals surface area contributed by atoms with Crippen molar-refractivity contribution in [2.45, 2.75) is 32.2 Å². The number of hydrogen-bond acceptors (Lipinski definition) is 4. The molecule has 1 N–H and O–H groups in total. The van der Waals surface area contributed by atoms with Crippen LogP contribution in [0.2, 0.25) is 0 Å². The smallest absolute Gasteiger partial charge is 0.295 e. The Kier molecular flexibility index (Phi) is 6.37. The van der Waals surface area contributed by atoms with Crippen molar-refractivity contribution in [2.75, 3.05) is 25.5 Å². The summed E-state index contributed by atoms with van der Waals surface area (Å²) >= 11 is 0. The Morgan fingerprint density at radius 1 is 1.00 bits per heavy atom. The van der Waals surface area contributed by atoms with Gasteiger partial charge < -0.3 is 14.9 Å². The van der Waals surface area contributed by atoms with E-state index in [0.717, 1.165) is 30.5 Å². The second kappa shape index (κ2) is 8.95. The van der Waals surface area contributed by atoms with E-state index in [1.54, 1.807) is 29.2 Å². The molecule has 0 bridgehead atoms. The SMILES string of the molecule is CCCCCN1C(=O)C(=O)/C(=C(\O)c2ccccc2)C1c1ccc(N(C)C)cc1. The van der Waals surface area contributed by atoms with Gasteiger partial charge in [-0.2, -0.15) is 0 Å². The topological polar surface area (TPSA) is 60.9 Å². The van der Waals surface area contributed by atoms with Gasteiger partial charge in [-0.25, -0.2) is 0 Å². The average molecular weight is 392 g/mol. The van der Waals surface area contributed by atoms with Crippen LogP contribution < -0.4 is 4.90 Å². The zero-order chi connectivity index (χ0) is 21.0. The van der Waals surface area contributed by atoms with Crippen molar-refractivity contribution in [1.29, 1.82) is 0 Å². The quantitative estimate of drug-likeness (QED) is 0.329. The number of nitrogens with zero attached hydrogens (tertiary/aromatic N) is 2. The molecule has 152 valence electrons. The fourth-order valence-electron chi connectivity index (χ4n) is 3.70. The number of unbranched alkanes of at least 4 members (excludes halogenated alkanes) is 2. The van der Waals surface area contributed by atoms with E-state index in [2.05, 4.69) is 6.92 Å². The fourth-order valence-corrected chi connectivity index (χ4v) is 3.70. The van der Waals surface area contributed by atoms with Crippen LogP contribution in [-0.2, 0) is 9.59 Å².